The normalized spacial score (nSPS) is 11.8. The van der Waals surface area contributed by atoms with E-state index in [0.717, 1.165) is 16.2 Å². The minimum atomic E-state index is -0.256. The second-order valence-electron chi connectivity index (χ2n) is 5.97. The molecule has 0 aliphatic rings. The predicted molar refractivity (Wildman–Crippen MR) is 85.7 cm³/mol. The topological polar surface area (TPSA) is 46.4 Å². The van der Waals surface area contributed by atoms with Crippen LogP contribution in [-0.4, -0.2) is 20.8 Å². The molecule has 0 atom stereocenters. The molecule has 0 radical (unpaired) electrons. The number of nitrogens with zero attached hydrogens (tertiary/aromatic N) is 2. The first-order chi connectivity index (χ1) is 9.94. The van der Waals surface area contributed by atoms with Crippen LogP contribution in [-0.2, 0) is 0 Å². The molecule has 108 valence electrons. The van der Waals surface area contributed by atoms with Gasteiger partial charge in [-0.3, -0.25) is 9.20 Å². The lowest BCUT2D eigenvalue weighted by molar-refractivity contribution is 0.0914. The lowest BCUT2D eigenvalue weighted by atomic mass is 10.1. The molecular weight excluding hydrogens is 282 g/mol. The van der Waals surface area contributed by atoms with Crippen molar-refractivity contribution < 1.29 is 4.79 Å². The average Bonchev–Trinajstić information content (AvgIpc) is 2.96. The molecule has 0 aliphatic carbocycles. The summed E-state index contributed by atoms with van der Waals surface area (Å²) in [6.07, 6.45) is 1.92. The quantitative estimate of drug-likeness (QED) is 0.786. The van der Waals surface area contributed by atoms with E-state index in [1.54, 1.807) is 0 Å². The number of aromatic nitrogens is 2. The molecule has 5 heteroatoms. The zero-order valence-electron chi connectivity index (χ0n) is 12.3. The summed E-state index contributed by atoms with van der Waals surface area (Å²) in [5.41, 5.74) is 2.30. The molecule has 2 aromatic heterocycles. The number of carbonyl (C=O) groups is 1. The Balaban J connectivity index is 1.99. The smallest absolute Gasteiger partial charge is 0.269 e. The van der Waals surface area contributed by atoms with Crippen LogP contribution < -0.4 is 5.32 Å². The van der Waals surface area contributed by atoms with Crippen molar-refractivity contribution >= 4 is 22.2 Å². The first-order valence-corrected chi connectivity index (χ1v) is 7.66. The first kappa shape index (κ1) is 13.8. The van der Waals surface area contributed by atoms with Gasteiger partial charge in [0.15, 0.2) is 4.96 Å². The highest BCUT2D eigenvalue weighted by Gasteiger charge is 2.19. The molecule has 0 saturated heterocycles. The summed E-state index contributed by atoms with van der Waals surface area (Å²) < 4.78 is 1.86. The highest BCUT2D eigenvalue weighted by Crippen LogP contribution is 2.23. The molecule has 0 bridgehead atoms. The number of carbonyl (C=O) groups excluding carboxylic acids is 1. The van der Waals surface area contributed by atoms with Crippen molar-refractivity contribution in [3.8, 4) is 11.3 Å². The molecule has 0 unspecified atom stereocenters. The number of rotatable bonds is 2. The van der Waals surface area contributed by atoms with Crippen molar-refractivity contribution in [2.24, 2.45) is 0 Å². The number of hydrogen-bond donors (Lipinski definition) is 1. The minimum absolute atomic E-state index is 0.0780. The summed E-state index contributed by atoms with van der Waals surface area (Å²) in [6, 6.07) is 9.97. The zero-order chi connectivity index (χ0) is 15.0. The SMILES string of the molecule is CC(C)(C)NC(=O)c1csc2nc(-c3ccccc3)cn12. The Morgan fingerprint density at radius 2 is 1.95 bits per heavy atom. The fraction of sp³-hybridized carbons (Fsp3) is 0.250. The molecule has 1 aromatic carbocycles. The van der Waals surface area contributed by atoms with Crippen LogP contribution in [0.2, 0.25) is 0 Å². The monoisotopic (exact) mass is 299 g/mol. The van der Waals surface area contributed by atoms with E-state index in [9.17, 15) is 4.79 Å². The van der Waals surface area contributed by atoms with Crippen molar-refractivity contribution in [2.45, 2.75) is 26.3 Å². The highest BCUT2D eigenvalue weighted by molar-refractivity contribution is 7.15. The van der Waals surface area contributed by atoms with Gasteiger partial charge in [-0.25, -0.2) is 4.98 Å². The standard InChI is InChI=1S/C16H17N3OS/c1-16(2,3)18-14(20)13-10-21-15-17-12(9-19(13)15)11-7-5-4-6-8-11/h4-10H,1-3H3,(H,18,20). The van der Waals surface area contributed by atoms with Crippen molar-refractivity contribution in [1.29, 1.82) is 0 Å². The largest absolute Gasteiger partial charge is 0.346 e. The van der Waals surface area contributed by atoms with Crippen LogP contribution in [0.1, 0.15) is 31.3 Å². The van der Waals surface area contributed by atoms with Crippen LogP contribution in [0.25, 0.3) is 16.2 Å². The molecule has 3 rings (SSSR count). The molecule has 1 N–H and O–H groups in total. The Morgan fingerprint density at radius 1 is 1.24 bits per heavy atom. The Hall–Kier alpha value is -2.14. The number of imidazole rings is 1. The van der Waals surface area contributed by atoms with Gasteiger partial charge in [0.1, 0.15) is 5.69 Å². The molecule has 2 heterocycles. The van der Waals surface area contributed by atoms with E-state index >= 15 is 0 Å². The maximum Gasteiger partial charge on any atom is 0.269 e. The Bertz CT molecular complexity index is 781. The number of benzene rings is 1. The third-order valence-electron chi connectivity index (χ3n) is 3.00. The molecular formula is C16H17N3OS. The fourth-order valence-electron chi connectivity index (χ4n) is 2.10. The van der Waals surface area contributed by atoms with Crippen LogP contribution in [0.4, 0.5) is 0 Å². The van der Waals surface area contributed by atoms with Gasteiger partial charge in [-0.2, -0.15) is 0 Å². The number of amides is 1. The van der Waals surface area contributed by atoms with E-state index in [4.69, 9.17) is 0 Å². The van der Waals surface area contributed by atoms with Crippen LogP contribution >= 0.6 is 11.3 Å². The molecule has 0 fully saturated rings. The number of thiazole rings is 1. The molecule has 0 spiro atoms. The van der Waals surface area contributed by atoms with Gasteiger partial charge >= 0.3 is 0 Å². The first-order valence-electron chi connectivity index (χ1n) is 6.78. The van der Waals surface area contributed by atoms with E-state index in [1.165, 1.54) is 11.3 Å². The van der Waals surface area contributed by atoms with Crippen molar-refractivity contribution in [2.75, 3.05) is 0 Å². The second kappa shape index (κ2) is 5.00. The van der Waals surface area contributed by atoms with Gasteiger partial charge in [0, 0.05) is 22.7 Å². The van der Waals surface area contributed by atoms with Gasteiger partial charge in [-0.1, -0.05) is 30.3 Å². The second-order valence-corrected chi connectivity index (χ2v) is 6.81. The average molecular weight is 299 g/mol. The van der Waals surface area contributed by atoms with E-state index in [0.29, 0.717) is 5.69 Å². The zero-order valence-corrected chi connectivity index (χ0v) is 13.1. The summed E-state index contributed by atoms with van der Waals surface area (Å²) in [5, 5.41) is 4.83. The van der Waals surface area contributed by atoms with E-state index < -0.39 is 0 Å². The van der Waals surface area contributed by atoms with E-state index in [2.05, 4.69) is 10.3 Å². The van der Waals surface area contributed by atoms with Crippen LogP contribution in [0.5, 0.6) is 0 Å². The predicted octanol–water partition coefficient (Wildman–Crippen LogP) is 3.59. The third-order valence-corrected chi connectivity index (χ3v) is 3.84. The molecule has 21 heavy (non-hydrogen) atoms. The van der Waals surface area contributed by atoms with Gasteiger partial charge in [-0.15, -0.1) is 11.3 Å². The molecule has 4 nitrogen and oxygen atoms in total. The third kappa shape index (κ3) is 2.83. The van der Waals surface area contributed by atoms with Crippen LogP contribution in [0, 0.1) is 0 Å². The molecule has 1 amide bonds. The summed E-state index contributed by atoms with van der Waals surface area (Å²) in [7, 11) is 0. The summed E-state index contributed by atoms with van der Waals surface area (Å²) >= 11 is 1.47. The molecule has 0 aliphatic heterocycles. The number of nitrogens with one attached hydrogen (secondary N) is 1. The summed E-state index contributed by atoms with van der Waals surface area (Å²) in [5.74, 6) is -0.0780. The van der Waals surface area contributed by atoms with Crippen molar-refractivity contribution in [1.82, 2.24) is 14.7 Å². The Labute approximate surface area is 127 Å². The highest BCUT2D eigenvalue weighted by atomic mass is 32.1. The minimum Gasteiger partial charge on any atom is -0.346 e. The van der Waals surface area contributed by atoms with Gasteiger partial charge in [-0.05, 0) is 20.8 Å². The lowest BCUT2D eigenvalue weighted by Gasteiger charge is -2.19. The van der Waals surface area contributed by atoms with Gasteiger partial charge in [0.2, 0.25) is 0 Å². The molecule has 0 saturated carbocycles. The van der Waals surface area contributed by atoms with E-state index in [-0.39, 0.29) is 11.4 Å². The maximum atomic E-state index is 12.3. The molecule has 3 aromatic rings. The Morgan fingerprint density at radius 3 is 2.62 bits per heavy atom. The number of fused-ring (bicyclic) bond motifs is 1. The lowest BCUT2D eigenvalue weighted by Crippen LogP contribution is -2.41. The van der Waals surface area contributed by atoms with Crippen molar-refractivity contribution in [3.05, 3.63) is 47.6 Å². The maximum absolute atomic E-state index is 12.3. The van der Waals surface area contributed by atoms with Gasteiger partial charge in [0.05, 0.1) is 5.69 Å². The number of hydrogen-bond acceptors (Lipinski definition) is 3. The summed E-state index contributed by atoms with van der Waals surface area (Å²) in [6.45, 7) is 5.91. The van der Waals surface area contributed by atoms with Crippen LogP contribution in [0.15, 0.2) is 41.9 Å². The van der Waals surface area contributed by atoms with Crippen molar-refractivity contribution in [3.63, 3.8) is 0 Å². The van der Waals surface area contributed by atoms with Gasteiger partial charge < -0.3 is 5.32 Å². The van der Waals surface area contributed by atoms with Crippen LogP contribution in [0.3, 0.4) is 0 Å². The fourth-order valence-corrected chi connectivity index (χ4v) is 2.95. The Kier molecular flexibility index (Phi) is 3.29. The summed E-state index contributed by atoms with van der Waals surface area (Å²) in [4.78, 5) is 17.7. The van der Waals surface area contributed by atoms with Gasteiger partial charge in [0.25, 0.3) is 5.91 Å². The van der Waals surface area contributed by atoms with E-state index in [1.807, 2.05) is 67.1 Å².